The second kappa shape index (κ2) is 8.41. The van der Waals surface area contributed by atoms with Crippen LogP contribution < -0.4 is 5.73 Å². The van der Waals surface area contributed by atoms with Gasteiger partial charge in [0.2, 0.25) is 5.60 Å². The fraction of sp³-hybridized carbons (Fsp3) is 0.167. The number of likely N-dealkylation sites (tertiary alicyclic amines) is 1. The van der Waals surface area contributed by atoms with Crippen LogP contribution in [0.2, 0.25) is 0 Å². The molecular formula is C24H18F2N4O3. The highest BCUT2D eigenvalue weighted by molar-refractivity contribution is 5.92. The van der Waals surface area contributed by atoms with Gasteiger partial charge in [-0.05, 0) is 30.3 Å². The van der Waals surface area contributed by atoms with Crippen molar-refractivity contribution in [2.45, 2.75) is 12.0 Å². The van der Waals surface area contributed by atoms with Gasteiger partial charge in [0.15, 0.2) is 5.82 Å². The molecule has 9 heteroatoms. The van der Waals surface area contributed by atoms with Crippen molar-refractivity contribution >= 4 is 11.8 Å². The largest absolute Gasteiger partial charge is 0.369 e. The highest BCUT2D eigenvalue weighted by atomic mass is 19.1. The molecule has 1 saturated heterocycles. The molecule has 7 nitrogen and oxygen atoms in total. The number of primary amides is 1. The summed E-state index contributed by atoms with van der Waals surface area (Å²) >= 11 is 0. The Labute approximate surface area is 187 Å². The minimum Gasteiger partial charge on any atom is -0.369 e. The topological polar surface area (TPSA) is 109 Å². The van der Waals surface area contributed by atoms with Gasteiger partial charge < -0.3 is 15.7 Å². The van der Waals surface area contributed by atoms with Gasteiger partial charge in [0.25, 0.3) is 11.8 Å². The molecule has 0 radical (unpaired) electrons. The Morgan fingerprint density at radius 2 is 1.85 bits per heavy atom. The smallest absolute Gasteiger partial charge is 0.267 e. The lowest BCUT2D eigenvalue weighted by molar-refractivity contribution is -0.137. The molecule has 2 heterocycles. The van der Waals surface area contributed by atoms with E-state index in [1.165, 1.54) is 11.0 Å². The second-order valence-corrected chi connectivity index (χ2v) is 7.65. The number of amides is 2. The van der Waals surface area contributed by atoms with Crippen LogP contribution in [0.1, 0.15) is 22.5 Å². The molecule has 4 rings (SSSR count). The molecule has 33 heavy (non-hydrogen) atoms. The summed E-state index contributed by atoms with van der Waals surface area (Å²) in [6, 6.07) is 10.7. The van der Waals surface area contributed by atoms with Gasteiger partial charge >= 0.3 is 0 Å². The summed E-state index contributed by atoms with van der Waals surface area (Å²) in [5, 5.41) is 10.5. The van der Waals surface area contributed by atoms with Crippen LogP contribution in [0.15, 0.2) is 48.5 Å². The van der Waals surface area contributed by atoms with Crippen LogP contribution >= 0.6 is 0 Å². The Balaban J connectivity index is 1.76. The number of benzene rings is 2. The molecule has 0 saturated carbocycles. The molecule has 166 valence electrons. The van der Waals surface area contributed by atoms with Gasteiger partial charge in [-0.25, -0.2) is 18.7 Å². The van der Waals surface area contributed by atoms with Gasteiger partial charge in [0.1, 0.15) is 17.3 Å². The normalized spacial score (nSPS) is 17.6. The molecule has 2 amide bonds. The van der Waals surface area contributed by atoms with Crippen molar-refractivity contribution in [3.8, 4) is 34.5 Å². The monoisotopic (exact) mass is 448 g/mol. The third-order valence-electron chi connectivity index (χ3n) is 5.18. The van der Waals surface area contributed by atoms with E-state index in [0.29, 0.717) is 17.7 Å². The number of nitrogens with two attached hydrogens (primary N) is 1. The molecule has 3 aromatic rings. The number of halogens is 2. The lowest BCUT2D eigenvalue weighted by Gasteiger charge is -2.13. The maximum absolute atomic E-state index is 13.7. The van der Waals surface area contributed by atoms with Crippen LogP contribution in [0.25, 0.3) is 22.6 Å². The molecule has 3 N–H and O–H groups in total. The average Bonchev–Trinajstić information content (AvgIpc) is 3.05. The zero-order chi connectivity index (χ0) is 23.8. The molecule has 0 aliphatic carbocycles. The highest BCUT2D eigenvalue weighted by Gasteiger charge is 2.42. The second-order valence-electron chi connectivity index (χ2n) is 7.65. The number of carbonyl (C=O) groups is 2. The van der Waals surface area contributed by atoms with Crippen molar-refractivity contribution in [2.75, 3.05) is 13.6 Å². The summed E-state index contributed by atoms with van der Waals surface area (Å²) in [6.45, 7) is 0.404. The number of nitrogens with zero attached hydrogens (tertiary/aromatic N) is 3. The van der Waals surface area contributed by atoms with Gasteiger partial charge in [-0.2, -0.15) is 0 Å². The van der Waals surface area contributed by atoms with E-state index in [1.54, 1.807) is 31.3 Å². The molecule has 0 spiro atoms. The Morgan fingerprint density at radius 1 is 1.12 bits per heavy atom. The Morgan fingerprint density at radius 3 is 2.48 bits per heavy atom. The third-order valence-corrected chi connectivity index (χ3v) is 5.18. The van der Waals surface area contributed by atoms with Crippen LogP contribution in [0.5, 0.6) is 0 Å². The summed E-state index contributed by atoms with van der Waals surface area (Å²) < 4.78 is 27.4. The molecule has 0 bridgehead atoms. The Hall–Kier alpha value is -4.16. The molecule has 2 aromatic carbocycles. The number of aliphatic hydroxyl groups is 1. The summed E-state index contributed by atoms with van der Waals surface area (Å²) in [4.78, 5) is 33.8. The number of aromatic nitrogens is 2. The summed E-state index contributed by atoms with van der Waals surface area (Å²) in [6.07, 6.45) is 0.201. The maximum Gasteiger partial charge on any atom is 0.267 e. The molecule has 1 aliphatic rings. The van der Waals surface area contributed by atoms with Crippen molar-refractivity contribution in [1.29, 1.82) is 0 Å². The van der Waals surface area contributed by atoms with E-state index in [1.807, 2.05) is 0 Å². The molecule has 1 aromatic heterocycles. The number of hydrogen-bond acceptors (Lipinski definition) is 5. The minimum atomic E-state index is -1.75. The van der Waals surface area contributed by atoms with E-state index in [0.717, 1.165) is 18.2 Å². The lowest BCUT2D eigenvalue weighted by atomic mass is 10.0. The number of hydrogen-bond donors (Lipinski definition) is 2. The Kier molecular flexibility index (Phi) is 5.62. The van der Waals surface area contributed by atoms with Crippen molar-refractivity contribution in [1.82, 2.24) is 14.9 Å². The standard InChI is InChI=1S/C24H18F2N4O3/c1-30-8-7-24(33,23(30)32)6-5-14-3-2-4-15(9-14)22-28-19(13-20(29-22)21(27)31)16-10-17(25)12-18(26)11-16/h2-4,9-13,33H,7-8H2,1H3,(H2,27,31). The number of likely N-dealkylation sites (N-methyl/N-ethyl adjacent to an activating group) is 1. The van der Waals surface area contributed by atoms with E-state index in [4.69, 9.17) is 5.73 Å². The lowest BCUT2D eigenvalue weighted by Crippen LogP contribution is -2.37. The fourth-order valence-corrected chi connectivity index (χ4v) is 3.43. The van der Waals surface area contributed by atoms with Crippen LogP contribution in [0.4, 0.5) is 8.78 Å². The molecular weight excluding hydrogens is 430 g/mol. The first-order valence-corrected chi connectivity index (χ1v) is 9.91. The third kappa shape index (κ3) is 4.56. The zero-order valence-corrected chi connectivity index (χ0v) is 17.5. The van der Waals surface area contributed by atoms with Crippen LogP contribution in [-0.2, 0) is 4.79 Å². The summed E-state index contributed by atoms with van der Waals surface area (Å²) in [7, 11) is 1.59. The van der Waals surface area contributed by atoms with E-state index >= 15 is 0 Å². The minimum absolute atomic E-state index is 0.0880. The van der Waals surface area contributed by atoms with Crippen molar-refractivity contribution < 1.29 is 23.5 Å². The first-order valence-electron chi connectivity index (χ1n) is 9.91. The van der Waals surface area contributed by atoms with Crippen molar-refractivity contribution in [2.24, 2.45) is 5.73 Å². The molecule has 1 unspecified atom stereocenters. The average molecular weight is 448 g/mol. The van der Waals surface area contributed by atoms with E-state index in [-0.39, 0.29) is 29.2 Å². The van der Waals surface area contributed by atoms with Crippen LogP contribution in [0, 0.1) is 23.5 Å². The quantitative estimate of drug-likeness (QED) is 0.597. The van der Waals surface area contributed by atoms with Crippen molar-refractivity contribution in [3.05, 3.63) is 71.4 Å². The van der Waals surface area contributed by atoms with Gasteiger partial charge in [0.05, 0.1) is 5.69 Å². The summed E-state index contributed by atoms with van der Waals surface area (Å²) in [5.74, 6) is 2.62. The zero-order valence-electron chi connectivity index (χ0n) is 17.5. The van der Waals surface area contributed by atoms with E-state index in [2.05, 4.69) is 21.8 Å². The van der Waals surface area contributed by atoms with Crippen LogP contribution in [-0.4, -0.2) is 51.0 Å². The first-order chi connectivity index (χ1) is 15.6. The maximum atomic E-state index is 13.7. The van der Waals surface area contributed by atoms with Gasteiger partial charge in [0, 0.05) is 42.8 Å². The fourth-order valence-electron chi connectivity index (χ4n) is 3.43. The summed E-state index contributed by atoms with van der Waals surface area (Å²) in [5.41, 5.74) is 4.64. The van der Waals surface area contributed by atoms with Gasteiger partial charge in [-0.1, -0.05) is 24.0 Å². The van der Waals surface area contributed by atoms with E-state index in [9.17, 15) is 23.5 Å². The predicted octanol–water partition coefficient (Wildman–Crippen LogP) is 2.13. The Bertz CT molecular complexity index is 1330. The first kappa shape index (κ1) is 22.0. The SMILES string of the molecule is CN1CCC(O)(C#Cc2cccc(-c3nc(C(N)=O)cc(-c4cc(F)cc(F)c4)n3)c2)C1=O. The van der Waals surface area contributed by atoms with Gasteiger partial charge in [-0.15, -0.1) is 0 Å². The number of carbonyl (C=O) groups excluding carboxylic acids is 2. The molecule has 1 fully saturated rings. The highest BCUT2D eigenvalue weighted by Crippen LogP contribution is 2.25. The molecule has 1 aliphatic heterocycles. The number of rotatable bonds is 3. The van der Waals surface area contributed by atoms with Crippen molar-refractivity contribution in [3.63, 3.8) is 0 Å². The van der Waals surface area contributed by atoms with E-state index < -0.39 is 29.0 Å². The predicted molar refractivity (Wildman–Crippen MR) is 115 cm³/mol. The van der Waals surface area contributed by atoms with Crippen LogP contribution in [0.3, 0.4) is 0 Å². The molecule has 1 atom stereocenters. The van der Waals surface area contributed by atoms with Gasteiger partial charge in [-0.3, -0.25) is 9.59 Å².